The third kappa shape index (κ3) is 1.21. The lowest BCUT2D eigenvalue weighted by Crippen LogP contribution is -2.01. The summed E-state index contributed by atoms with van der Waals surface area (Å²) in [5.74, 6) is 0. The zero-order valence-corrected chi connectivity index (χ0v) is 8.26. The van der Waals surface area contributed by atoms with E-state index in [-0.39, 0.29) is 0 Å². The quantitative estimate of drug-likeness (QED) is 0.778. The van der Waals surface area contributed by atoms with Gasteiger partial charge in [-0.1, -0.05) is 39.7 Å². The Labute approximate surface area is 80.4 Å². The van der Waals surface area contributed by atoms with Crippen molar-refractivity contribution >= 4 is 22.0 Å². The van der Waals surface area contributed by atoms with Crippen LogP contribution in [0.4, 0.5) is 0 Å². The minimum Gasteiger partial charge on any atom is -0.327 e. The first-order valence-corrected chi connectivity index (χ1v) is 4.77. The number of hydrogen-bond donors (Lipinski definition) is 1. The summed E-state index contributed by atoms with van der Waals surface area (Å²) in [6.07, 6.45) is 3.20. The molecule has 0 spiro atoms. The van der Waals surface area contributed by atoms with Gasteiger partial charge in [0.05, 0.1) is 0 Å². The van der Waals surface area contributed by atoms with Crippen molar-refractivity contribution in [2.24, 2.45) is 5.73 Å². The van der Waals surface area contributed by atoms with Crippen LogP contribution in [0.2, 0.25) is 0 Å². The molecule has 0 fully saturated rings. The molecule has 2 rings (SSSR count). The molecular formula is C10H10BrN. The second kappa shape index (κ2) is 3.04. The van der Waals surface area contributed by atoms with Crippen LogP contribution in [-0.2, 0) is 6.42 Å². The normalized spacial score (nSPS) is 14.3. The Bertz CT molecular complexity index is 342. The minimum absolute atomic E-state index is 0.668. The fourth-order valence-electron chi connectivity index (χ4n) is 1.53. The van der Waals surface area contributed by atoms with Gasteiger partial charge in [0.15, 0.2) is 0 Å². The van der Waals surface area contributed by atoms with Crippen LogP contribution < -0.4 is 5.73 Å². The smallest absolute Gasteiger partial charge is 0.0250 e. The predicted molar refractivity (Wildman–Crippen MR) is 54.9 cm³/mol. The van der Waals surface area contributed by atoms with Gasteiger partial charge in [0.25, 0.3) is 0 Å². The topological polar surface area (TPSA) is 26.0 Å². The molecule has 0 amide bonds. The number of benzene rings is 1. The molecular weight excluding hydrogens is 214 g/mol. The summed E-state index contributed by atoms with van der Waals surface area (Å²) in [5.41, 5.74) is 9.58. The number of halogens is 1. The molecule has 2 heteroatoms. The lowest BCUT2D eigenvalue weighted by molar-refractivity contribution is 1.07. The van der Waals surface area contributed by atoms with Crippen molar-refractivity contribution in [3.8, 4) is 0 Å². The summed E-state index contributed by atoms with van der Waals surface area (Å²) in [7, 11) is 0. The molecule has 1 aromatic carbocycles. The van der Waals surface area contributed by atoms with Gasteiger partial charge in [-0.05, 0) is 23.6 Å². The molecule has 0 unspecified atom stereocenters. The molecule has 0 aliphatic heterocycles. The van der Waals surface area contributed by atoms with Gasteiger partial charge in [0.2, 0.25) is 0 Å². The highest BCUT2D eigenvalue weighted by molar-refractivity contribution is 9.10. The lowest BCUT2D eigenvalue weighted by Gasteiger charge is -1.99. The highest BCUT2D eigenvalue weighted by Gasteiger charge is 2.12. The molecule has 0 aromatic heterocycles. The van der Waals surface area contributed by atoms with Crippen LogP contribution in [0.3, 0.4) is 0 Å². The van der Waals surface area contributed by atoms with Crippen LogP contribution in [0.25, 0.3) is 6.08 Å². The summed E-state index contributed by atoms with van der Waals surface area (Å²) in [5, 5.41) is 0. The Morgan fingerprint density at radius 2 is 2.25 bits per heavy atom. The van der Waals surface area contributed by atoms with Crippen molar-refractivity contribution in [3.63, 3.8) is 0 Å². The minimum atomic E-state index is 0.668. The predicted octanol–water partition coefficient (Wildman–Crippen LogP) is 2.35. The van der Waals surface area contributed by atoms with E-state index in [2.05, 4.69) is 40.2 Å². The first-order chi connectivity index (χ1) is 5.81. The lowest BCUT2D eigenvalue weighted by atomic mass is 10.1. The van der Waals surface area contributed by atoms with Crippen molar-refractivity contribution in [2.75, 3.05) is 6.54 Å². The number of nitrogens with two attached hydrogens (primary N) is 1. The molecule has 0 saturated carbocycles. The Morgan fingerprint density at radius 3 is 2.92 bits per heavy atom. The van der Waals surface area contributed by atoms with Crippen molar-refractivity contribution in [1.29, 1.82) is 0 Å². The van der Waals surface area contributed by atoms with Crippen LogP contribution in [0.5, 0.6) is 0 Å². The monoisotopic (exact) mass is 223 g/mol. The molecule has 1 nitrogen and oxygen atoms in total. The van der Waals surface area contributed by atoms with Crippen molar-refractivity contribution < 1.29 is 0 Å². The van der Waals surface area contributed by atoms with Gasteiger partial charge in [-0.2, -0.15) is 0 Å². The molecule has 0 bridgehead atoms. The van der Waals surface area contributed by atoms with Gasteiger partial charge >= 0.3 is 0 Å². The standard InChI is InChI=1S/C10H10BrN/c11-10-3-1-2-8-4-7(6-12)5-9(8)10/h1-3,5H,4,6,12H2. The summed E-state index contributed by atoms with van der Waals surface area (Å²) in [4.78, 5) is 0. The van der Waals surface area contributed by atoms with E-state index in [9.17, 15) is 0 Å². The van der Waals surface area contributed by atoms with E-state index in [0.717, 1.165) is 6.42 Å². The van der Waals surface area contributed by atoms with E-state index in [4.69, 9.17) is 5.73 Å². The summed E-state index contributed by atoms with van der Waals surface area (Å²) in [6, 6.07) is 6.28. The van der Waals surface area contributed by atoms with Gasteiger partial charge < -0.3 is 5.73 Å². The molecule has 1 aromatic rings. The van der Waals surface area contributed by atoms with Gasteiger partial charge in [0, 0.05) is 11.0 Å². The van der Waals surface area contributed by atoms with Crippen LogP contribution in [0, 0.1) is 0 Å². The average molecular weight is 224 g/mol. The molecule has 0 saturated heterocycles. The van der Waals surface area contributed by atoms with Crippen LogP contribution in [0.15, 0.2) is 28.2 Å². The van der Waals surface area contributed by atoms with Gasteiger partial charge in [-0.15, -0.1) is 0 Å². The van der Waals surface area contributed by atoms with Crippen molar-refractivity contribution in [2.45, 2.75) is 6.42 Å². The molecule has 2 N–H and O–H groups in total. The molecule has 1 aliphatic rings. The van der Waals surface area contributed by atoms with E-state index in [1.54, 1.807) is 0 Å². The van der Waals surface area contributed by atoms with Gasteiger partial charge in [0.1, 0.15) is 0 Å². The molecule has 0 heterocycles. The summed E-state index contributed by atoms with van der Waals surface area (Å²) < 4.78 is 1.17. The first kappa shape index (κ1) is 8.02. The number of hydrogen-bond acceptors (Lipinski definition) is 1. The Kier molecular flexibility index (Phi) is 2.03. The van der Waals surface area contributed by atoms with E-state index in [0.29, 0.717) is 6.54 Å². The fraction of sp³-hybridized carbons (Fsp3) is 0.200. The van der Waals surface area contributed by atoms with Gasteiger partial charge in [-0.25, -0.2) is 0 Å². The largest absolute Gasteiger partial charge is 0.327 e. The van der Waals surface area contributed by atoms with Crippen LogP contribution in [0.1, 0.15) is 11.1 Å². The van der Waals surface area contributed by atoms with Crippen LogP contribution >= 0.6 is 15.9 Å². The average Bonchev–Trinajstić information content (AvgIpc) is 2.49. The van der Waals surface area contributed by atoms with E-state index >= 15 is 0 Å². The Hall–Kier alpha value is -0.600. The molecule has 0 atom stereocenters. The zero-order chi connectivity index (χ0) is 8.55. The highest BCUT2D eigenvalue weighted by atomic mass is 79.9. The highest BCUT2D eigenvalue weighted by Crippen LogP contribution is 2.30. The van der Waals surface area contributed by atoms with E-state index < -0.39 is 0 Å². The second-order valence-electron chi connectivity index (χ2n) is 3.00. The first-order valence-electron chi connectivity index (χ1n) is 3.98. The molecule has 12 heavy (non-hydrogen) atoms. The SMILES string of the molecule is NCC1=Cc2c(Br)cccc2C1. The zero-order valence-electron chi connectivity index (χ0n) is 6.68. The Morgan fingerprint density at radius 1 is 1.42 bits per heavy atom. The maximum Gasteiger partial charge on any atom is 0.0250 e. The molecule has 62 valence electrons. The van der Waals surface area contributed by atoms with Crippen LogP contribution in [-0.4, -0.2) is 6.54 Å². The van der Waals surface area contributed by atoms with Crippen molar-refractivity contribution in [1.82, 2.24) is 0 Å². The van der Waals surface area contributed by atoms with E-state index in [1.807, 2.05) is 0 Å². The summed E-state index contributed by atoms with van der Waals surface area (Å²) >= 11 is 3.52. The van der Waals surface area contributed by atoms with E-state index in [1.165, 1.54) is 21.2 Å². The van der Waals surface area contributed by atoms with Gasteiger partial charge in [-0.3, -0.25) is 0 Å². The molecule has 0 radical (unpaired) electrons. The maximum absolute atomic E-state index is 5.58. The Balaban J connectivity index is 2.48. The third-order valence-corrected chi connectivity index (χ3v) is 2.86. The third-order valence-electron chi connectivity index (χ3n) is 2.17. The number of rotatable bonds is 1. The summed E-state index contributed by atoms with van der Waals surface area (Å²) in [6.45, 7) is 0.668. The maximum atomic E-state index is 5.58. The fourth-order valence-corrected chi connectivity index (χ4v) is 2.05. The second-order valence-corrected chi connectivity index (χ2v) is 3.85. The molecule has 1 aliphatic carbocycles. The number of fused-ring (bicyclic) bond motifs is 1. The van der Waals surface area contributed by atoms with Crippen molar-refractivity contribution in [3.05, 3.63) is 39.4 Å².